The average Bonchev–Trinajstić information content (AvgIpc) is 3.45. The number of ether oxygens (including phenoxy) is 3. The topological polar surface area (TPSA) is 78.9 Å². The molecule has 1 atom stereocenters. The number of hydrogen-bond donors (Lipinski definition) is 0. The van der Waals surface area contributed by atoms with Gasteiger partial charge in [-0.15, -0.1) is 0 Å². The van der Waals surface area contributed by atoms with Crippen LogP contribution in [0, 0.1) is 0 Å². The third-order valence-electron chi connectivity index (χ3n) is 15.4. The summed E-state index contributed by atoms with van der Waals surface area (Å²) < 4.78 is 16.9. The van der Waals surface area contributed by atoms with E-state index in [1.165, 1.54) is 238 Å². The number of esters is 3. The van der Waals surface area contributed by atoms with Crippen LogP contribution in [0.4, 0.5) is 0 Å². The van der Waals surface area contributed by atoms with Crippen LogP contribution in [-0.2, 0) is 28.6 Å². The Balaban J connectivity index is 4.08. The van der Waals surface area contributed by atoms with Crippen molar-refractivity contribution < 1.29 is 28.6 Å². The molecular formula is C73H132O6. The molecule has 0 heterocycles. The molecular weight excluding hydrogens is 973 g/mol. The Morgan fingerprint density at radius 3 is 0.772 bits per heavy atom. The lowest BCUT2D eigenvalue weighted by Gasteiger charge is -2.18. The largest absolute Gasteiger partial charge is 0.462 e. The van der Waals surface area contributed by atoms with E-state index in [-0.39, 0.29) is 31.1 Å². The summed E-state index contributed by atoms with van der Waals surface area (Å²) in [7, 11) is 0. The first-order valence-electron chi connectivity index (χ1n) is 34.8. The molecule has 0 aromatic heterocycles. The second-order valence-electron chi connectivity index (χ2n) is 23.4. The molecule has 0 rings (SSSR count). The first-order valence-corrected chi connectivity index (χ1v) is 34.8. The fourth-order valence-corrected chi connectivity index (χ4v) is 10.2. The fraction of sp³-hybridized carbons (Fsp3) is 0.822. The van der Waals surface area contributed by atoms with Crippen LogP contribution in [-0.4, -0.2) is 37.2 Å². The molecule has 0 amide bonds. The van der Waals surface area contributed by atoms with E-state index in [1.807, 2.05) is 0 Å². The van der Waals surface area contributed by atoms with Crippen molar-refractivity contribution in [2.45, 2.75) is 374 Å². The monoisotopic (exact) mass is 1110 g/mol. The normalized spacial score (nSPS) is 12.4. The van der Waals surface area contributed by atoms with Crippen LogP contribution >= 0.6 is 0 Å². The first kappa shape index (κ1) is 76.1. The van der Waals surface area contributed by atoms with Gasteiger partial charge in [0.1, 0.15) is 13.2 Å². The summed E-state index contributed by atoms with van der Waals surface area (Å²) >= 11 is 0. The summed E-state index contributed by atoms with van der Waals surface area (Å²) in [4.78, 5) is 38.2. The molecule has 0 aliphatic heterocycles. The zero-order valence-electron chi connectivity index (χ0n) is 52.9. The standard InChI is InChI=1S/C73H132O6/c1-4-7-10-13-16-19-22-24-26-28-30-31-32-33-34-35-36-37-38-39-40-41-42-43-44-46-47-49-51-54-57-60-63-66-72(75)78-69-70(68-77-71(74)65-62-59-56-53-21-18-15-12-9-6-3)79-73(76)67-64-61-58-55-52-50-48-45-29-27-25-23-20-17-14-11-8-5-2/h12,15,20,22-24,27-30,70H,4-11,13-14,16-19,21,25-26,31-69H2,1-3H3/b15-12-,23-20-,24-22-,29-27-,30-28-. The highest BCUT2D eigenvalue weighted by Crippen LogP contribution is 2.18. The molecule has 0 fully saturated rings. The van der Waals surface area contributed by atoms with Gasteiger partial charge < -0.3 is 14.2 Å². The van der Waals surface area contributed by atoms with Crippen LogP contribution in [0.2, 0.25) is 0 Å². The minimum Gasteiger partial charge on any atom is -0.462 e. The summed E-state index contributed by atoms with van der Waals surface area (Å²) in [5.41, 5.74) is 0. The van der Waals surface area contributed by atoms with Crippen molar-refractivity contribution in [1.82, 2.24) is 0 Å². The SMILES string of the molecule is CCC/C=C\CCCCCCCC(=O)OCC(COC(=O)CCCCCCCCCCCCCCCCCCCCCCC/C=C\C/C=C\CCCCCCC)OC(=O)CCCCCCCCC/C=C\C/C=C\CCCCCC. The lowest BCUT2D eigenvalue weighted by atomic mass is 10.0. The zero-order chi connectivity index (χ0) is 57.1. The Morgan fingerprint density at radius 1 is 0.253 bits per heavy atom. The minimum absolute atomic E-state index is 0.0766. The van der Waals surface area contributed by atoms with Gasteiger partial charge in [-0.3, -0.25) is 14.4 Å². The third kappa shape index (κ3) is 65.8. The molecule has 0 N–H and O–H groups in total. The maximum Gasteiger partial charge on any atom is 0.306 e. The number of hydrogen-bond acceptors (Lipinski definition) is 6. The fourth-order valence-electron chi connectivity index (χ4n) is 10.2. The van der Waals surface area contributed by atoms with Crippen LogP contribution < -0.4 is 0 Å². The highest BCUT2D eigenvalue weighted by Gasteiger charge is 2.19. The van der Waals surface area contributed by atoms with Gasteiger partial charge in [0, 0.05) is 19.3 Å². The average molecular weight is 1110 g/mol. The highest BCUT2D eigenvalue weighted by atomic mass is 16.6. The second-order valence-corrected chi connectivity index (χ2v) is 23.4. The number of allylic oxidation sites excluding steroid dienone is 10. The molecule has 0 aliphatic carbocycles. The molecule has 79 heavy (non-hydrogen) atoms. The summed E-state index contributed by atoms with van der Waals surface area (Å²) in [6.45, 7) is 6.58. The highest BCUT2D eigenvalue weighted by molar-refractivity contribution is 5.71. The van der Waals surface area contributed by atoms with Crippen LogP contribution in [0.15, 0.2) is 60.8 Å². The van der Waals surface area contributed by atoms with Gasteiger partial charge >= 0.3 is 17.9 Å². The third-order valence-corrected chi connectivity index (χ3v) is 15.4. The van der Waals surface area contributed by atoms with Gasteiger partial charge in [0.25, 0.3) is 0 Å². The maximum absolute atomic E-state index is 12.9. The lowest BCUT2D eigenvalue weighted by molar-refractivity contribution is -0.167. The predicted molar refractivity (Wildman–Crippen MR) is 344 cm³/mol. The predicted octanol–water partition coefficient (Wildman–Crippen LogP) is 23.9. The van der Waals surface area contributed by atoms with E-state index in [0.717, 1.165) is 89.9 Å². The minimum atomic E-state index is -0.780. The van der Waals surface area contributed by atoms with E-state index < -0.39 is 6.10 Å². The molecule has 0 saturated carbocycles. The number of rotatable bonds is 64. The van der Waals surface area contributed by atoms with Crippen LogP contribution in [0.3, 0.4) is 0 Å². The maximum atomic E-state index is 12.9. The Hall–Kier alpha value is -2.89. The molecule has 0 aromatic carbocycles. The molecule has 460 valence electrons. The van der Waals surface area contributed by atoms with Crippen molar-refractivity contribution >= 4 is 17.9 Å². The zero-order valence-corrected chi connectivity index (χ0v) is 52.9. The molecule has 0 aromatic rings. The van der Waals surface area contributed by atoms with E-state index in [4.69, 9.17) is 14.2 Å². The second kappa shape index (κ2) is 67.6. The van der Waals surface area contributed by atoms with E-state index >= 15 is 0 Å². The number of unbranched alkanes of at least 4 members (excludes halogenated alkanes) is 43. The van der Waals surface area contributed by atoms with E-state index in [0.29, 0.717) is 19.3 Å². The van der Waals surface area contributed by atoms with Gasteiger partial charge in [-0.2, -0.15) is 0 Å². The van der Waals surface area contributed by atoms with Crippen LogP contribution in [0.1, 0.15) is 367 Å². The van der Waals surface area contributed by atoms with Gasteiger partial charge in [-0.1, -0.05) is 306 Å². The lowest BCUT2D eigenvalue weighted by Crippen LogP contribution is -2.30. The molecule has 6 nitrogen and oxygen atoms in total. The molecule has 0 bridgehead atoms. The van der Waals surface area contributed by atoms with Gasteiger partial charge in [-0.25, -0.2) is 0 Å². The van der Waals surface area contributed by atoms with E-state index in [1.54, 1.807) is 0 Å². The van der Waals surface area contributed by atoms with Crippen LogP contribution in [0.5, 0.6) is 0 Å². The van der Waals surface area contributed by atoms with Crippen molar-refractivity contribution in [3.63, 3.8) is 0 Å². The van der Waals surface area contributed by atoms with E-state index in [2.05, 4.69) is 81.5 Å². The number of carbonyl (C=O) groups excluding carboxylic acids is 3. The van der Waals surface area contributed by atoms with Crippen molar-refractivity contribution in [2.75, 3.05) is 13.2 Å². The van der Waals surface area contributed by atoms with Gasteiger partial charge in [0.05, 0.1) is 0 Å². The summed E-state index contributed by atoms with van der Waals surface area (Å²) in [5, 5.41) is 0. The molecule has 6 heteroatoms. The summed E-state index contributed by atoms with van der Waals surface area (Å²) in [6, 6.07) is 0. The van der Waals surface area contributed by atoms with Gasteiger partial charge in [0.15, 0.2) is 6.10 Å². The Kier molecular flexibility index (Phi) is 65.1. The quantitative estimate of drug-likeness (QED) is 0.0261. The first-order chi connectivity index (χ1) is 39.0. The smallest absolute Gasteiger partial charge is 0.306 e. The van der Waals surface area contributed by atoms with Crippen molar-refractivity contribution in [2.24, 2.45) is 0 Å². The van der Waals surface area contributed by atoms with Gasteiger partial charge in [0.2, 0.25) is 0 Å². The summed E-state index contributed by atoms with van der Waals surface area (Å²) in [6.07, 6.45) is 87.0. The molecule has 0 radical (unpaired) electrons. The molecule has 0 spiro atoms. The summed E-state index contributed by atoms with van der Waals surface area (Å²) in [5.74, 6) is -0.877. The van der Waals surface area contributed by atoms with Gasteiger partial charge in [-0.05, 0) is 103 Å². The van der Waals surface area contributed by atoms with E-state index in [9.17, 15) is 14.4 Å². The number of carbonyl (C=O) groups is 3. The molecule has 0 aliphatic rings. The van der Waals surface area contributed by atoms with Crippen molar-refractivity contribution in [3.8, 4) is 0 Å². The Labute approximate surface area is 491 Å². The Bertz CT molecular complexity index is 1410. The molecule has 0 saturated heterocycles. The van der Waals surface area contributed by atoms with Crippen molar-refractivity contribution in [3.05, 3.63) is 60.8 Å². The van der Waals surface area contributed by atoms with Crippen LogP contribution in [0.25, 0.3) is 0 Å². The Morgan fingerprint density at radius 2 is 0.481 bits per heavy atom. The molecule has 1 unspecified atom stereocenters. The van der Waals surface area contributed by atoms with Crippen molar-refractivity contribution in [1.29, 1.82) is 0 Å².